The number of nitrogens with zero attached hydrogens (tertiary/aromatic N) is 7. The van der Waals surface area contributed by atoms with Gasteiger partial charge in [0.25, 0.3) is 5.91 Å². The lowest BCUT2D eigenvalue weighted by Gasteiger charge is -2.32. The SMILES string of the molecule is CCCCc1cn(C[C@@H]2CCCN(C(=O)c3cn4cccnc4n3)C2)nn1. The Kier molecular flexibility index (Phi) is 5.13. The van der Waals surface area contributed by atoms with Crippen molar-refractivity contribution in [1.29, 1.82) is 0 Å². The van der Waals surface area contributed by atoms with E-state index in [1.165, 1.54) is 0 Å². The standard InChI is InChI=1S/C19H25N7O/c1-2-3-7-16-13-26(23-22-16)12-15-6-4-9-24(11-15)18(27)17-14-25-10-5-8-20-19(25)21-17/h5,8,10,13-15H,2-4,6-7,9,11-12H2,1H3/t15-/m1/s1. The summed E-state index contributed by atoms with van der Waals surface area (Å²) < 4.78 is 3.71. The Morgan fingerprint density at radius 3 is 3.11 bits per heavy atom. The van der Waals surface area contributed by atoms with Gasteiger partial charge >= 0.3 is 0 Å². The summed E-state index contributed by atoms with van der Waals surface area (Å²) >= 11 is 0. The zero-order chi connectivity index (χ0) is 18.6. The Hall–Kier alpha value is -2.77. The number of hydrogen-bond donors (Lipinski definition) is 0. The summed E-state index contributed by atoms with van der Waals surface area (Å²) in [7, 11) is 0. The van der Waals surface area contributed by atoms with Gasteiger partial charge in [-0.3, -0.25) is 13.9 Å². The van der Waals surface area contributed by atoms with E-state index in [0.29, 0.717) is 17.4 Å². The molecule has 8 heteroatoms. The molecule has 0 saturated carbocycles. The van der Waals surface area contributed by atoms with Crippen LogP contribution in [0.4, 0.5) is 0 Å². The van der Waals surface area contributed by atoms with Crippen molar-refractivity contribution >= 4 is 11.7 Å². The van der Waals surface area contributed by atoms with Crippen LogP contribution in [0.25, 0.3) is 5.78 Å². The molecular formula is C19H25N7O. The van der Waals surface area contributed by atoms with Gasteiger partial charge in [-0.05, 0) is 37.7 Å². The van der Waals surface area contributed by atoms with Crippen molar-refractivity contribution < 1.29 is 4.79 Å². The second kappa shape index (κ2) is 7.85. The van der Waals surface area contributed by atoms with Crippen molar-refractivity contribution in [2.45, 2.75) is 45.6 Å². The van der Waals surface area contributed by atoms with E-state index in [4.69, 9.17) is 0 Å². The van der Waals surface area contributed by atoms with Gasteiger partial charge in [-0.1, -0.05) is 18.6 Å². The van der Waals surface area contributed by atoms with Gasteiger partial charge in [0.15, 0.2) is 0 Å². The molecule has 1 atom stereocenters. The van der Waals surface area contributed by atoms with Crippen molar-refractivity contribution in [3.05, 3.63) is 42.2 Å². The van der Waals surface area contributed by atoms with Crippen LogP contribution < -0.4 is 0 Å². The first kappa shape index (κ1) is 17.6. The first-order valence-corrected chi connectivity index (χ1v) is 9.71. The Balaban J connectivity index is 1.40. The first-order valence-electron chi connectivity index (χ1n) is 9.71. The zero-order valence-corrected chi connectivity index (χ0v) is 15.7. The molecule has 4 rings (SSSR count). The van der Waals surface area contributed by atoms with Crippen LogP contribution in [-0.4, -0.2) is 53.3 Å². The number of piperidine rings is 1. The van der Waals surface area contributed by atoms with Crippen molar-refractivity contribution in [1.82, 2.24) is 34.3 Å². The summed E-state index contributed by atoms with van der Waals surface area (Å²) in [5.41, 5.74) is 1.51. The second-order valence-corrected chi connectivity index (χ2v) is 7.25. The lowest BCUT2D eigenvalue weighted by Crippen LogP contribution is -2.41. The molecule has 4 heterocycles. The summed E-state index contributed by atoms with van der Waals surface area (Å²) in [6.07, 6.45) is 12.7. The fourth-order valence-corrected chi connectivity index (χ4v) is 3.66. The topological polar surface area (TPSA) is 81.2 Å². The maximum absolute atomic E-state index is 12.9. The maximum atomic E-state index is 12.9. The second-order valence-electron chi connectivity index (χ2n) is 7.25. The minimum Gasteiger partial charge on any atom is -0.337 e. The Labute approximate surface area is 158 Å². The minimum absolute atomic E-state index is 0.0209. The molecule has 0 aromatic carbocycles. The fraction of sp³-hybridized carbons (Fsp3) is 0.526. The van der Waals surface area contributed by atoms with Crippen molar-refractivity contribution in [3.8, 4) is 0 Å². The van der Waals surface area contributed by atoms with Crippen LogP contribution in [-0.2, 0) is 13.0 Å². The van der Waals surface area contributed by atoms with E-state index >= 15 is 0 Å². The summed E-state index contributed by atoms with van der Waals surface area (Å²) in [5, 5.41) is 8.52. The largest absolute Gasteiger partial charge is 0.337 e. The number of aromatic nitrogens is 6. The summed E-state index contributed by atoms with van der Waals surface area (Å²) in [4.78, 5) is 23.3. The Bertz CT molecular complexity index is 883. The number of carbonyl (C=O) groups excluding carboxylic acids is 1. The van der Waals surface area contributed by atoms with Crippen LogP contribution in [0.3, 0.4) is 0 Å². The van der Waals surface area contributed by atoms with E-state index in [1.54, 1.807) is 16.8 Å². The first-order chi connectivity index (χ1) is 13.2. The molecule has 0 unspecified atom stereocenters. The number of hydrogen-bond acceptors (Lipinski definition) is 5. The van der Waals surface area contributed by atoms with Gasteiger partial charge in [0, 0.05) is 44.4 Å². The van der Waals surface area contributed by atoms with Gasteiger partial charge in [-0.25, -0.2) is 9.97 Å². The number of amides is 1. The molecule has 3 aromatic heterocycles. The van der Waals surface area contributed by atoms with Crippen LogP contribution in [0, 0.1) is 5.92 Å². The van der Waals surface area contributed by atoms with Crippen molar-refractivity contribution in [3.63, 3.8) is 0 Å². The molecule has 8 nitrogen and oxygen atoms in total. The zero-order valence-electron chi connectivity index (χ0n) is 15.7. The van der Waals surface area contributed by atoms with Crippen molar-refractivity contribution in [2.24, 2.45) is 5.92 Å². The van der Waals surface area contributed by atoms with Gasteiger partial charge in [-0.15, -0.1) is 5.10 Å². The number of aryl methyl sites for hydroxylation is 1. The summed E-state index contributed by atoms with van der Waals surface area (Å²) in [6.45, 7) is 4.48. The van der Waals surface area contributed by atoms with Gasteiger partial charge < -0.3 is 4.90 Å². The minimum atomic E-state index is -0.0209. The predicted octanol–water partition coefficient (Wildman–Crippen LogP) is 2.22. The molecule has 0 radical (unpaired) electrons. The number of carbonyl (C=O) groups is 1. The van der Waals surface area contributed by atoms with E-state index < -0.39 is 0 Å². The monoisotopic (exact) mass is 367 g/mol. The summed E-state index contributed by atoms with van der Waals surface area (Å²) in [6, 6.07) is 1.83. The number of unbranched alkanes of at least 4 members (excludes halogenated alkanes) is 1. The highest BCUT2D eigenvalue weighted by molar-refractivity contribution is 5.92. The molecule has 142 valence electrons. The normalized spacial score (nSPS) is 17.5. The average Bonchev–Trinajstić information content (AvgIpc) is 3.32. The van der Waals surface area contributed by atoms with E-state index in [9.17, 15) is 4.79 Å². The molecule has 0 N–H and O–H groups in total. The molecule has 3 aromatic rings. The molecule has 1 fully saturated rings. The molecule has 1 saturated heterocycles. The third-order valence-electron chi connectivity index (χ3n) is 5.08. The molecule has 0 aliphatic carbocycles. The van der Waals surface area contributed by atoms with Gasteiger partial charge in [0.2, 0.25) is 5.78 Å². The summed E-state index contributed by atoms with van der Waals surface area (Å²) in [5.74, 6) is 0.919. The molecular weight excluding hydrogens is 342 g/mol. The lowest BCUT2D eigenvalue weighted by atomic mass is 9.98. The average molecular weight is 367 g/mol. The number of imidazole rings is 1. The molecule has 1 amide bonds. The van der Waals surface area contributed by atoms with Gasteiger partial charge in [-0.2, -0.15) is 0 Å². The van der Waals surface area contributed by atoms with E-state index in [-0.39, 0.29) is 5.91 Å². The number of rotatable bonds is 6. The quantitative estimate of drug-likeness (QED) is 0.667. The Morgan fingerprint density at radius 2 is 2.26 bits per heavy atom. The predicted molar refractivity (Wildman–Crippen MR) is 100 cm³/mol. The molecule has 1 aliphatic heterocycles. The third kappa shape index (κ3) is 3.99. The van der Waals surface area contributed by atoms with Gasteiger partial charge in [0.1, 0.15) is 5.69 Å². The highest BCUT2D eigenvalue weighted by atomic mass is 16.2. The van der Waals surface area contributed by atoms with Gasteiger partial charge in [0.05, 0.1) is 5.69 Å². The van der Waals surface area contributed by atoms with E-state index in [1.807, 2.05) is 28.0 Å². The Morgan fingerprint density at radius 1 is 1.33 bits per heavy atom. The van der Waals surface area contributed by atoms with Crippen LogP contribution >= 0.6 is 0 Å². The van der Waals surface area contributed by atoms with Crippen LogP contribution in [0.1, 0.15) is 48.8 Å². The van der Waals surface area contributed by atoms with Crippen LogP contribution in [0.5, 0.6) is 0 Å². The number of fused-ring (bicyclic) bond motifs is 1. The lowest BCUT2D eigenvalue weighted by molar-refractivity contribution is 0.0654. The fourth-order valence-electron chi connectivity index (χ4n) is 3.66. The molecule has 0 spiro atoms. The smallest absolute Gasteiger partial charge is 0.274 e. The number of likely N-dealkylation sites (tertiary alicyclic amines) is 1. The maximum Gasteiger partial charge on any atom is 0.274 e. The molecule has 27 heavy (non-hydrogen) atoms. The van der Waals surface area contributed by atoms with Crippen molar-refractivity contribution in [2.75, 3.05) is 13.1 Å². The van der Waals surface area contributed by atoms with Crippen LogP contribution in [0.2, 0.25) is 0 Å². The van der Waals surface area contributed by atoms with E-state index in [2.05, 4.69) is 27.2 Å². The molecule has 0 bridgehead atoms. The molecule has 1 aliphatic rings. The third-order valence-corrected chi connectivity index (χ3v) is 5.08. The highest BCUT2D eigenvalue weighted by Gasteiger charge is 2.26. The highest BCUT2D eigenvalue weighted by Crippen LogP contribution is 2.20. The van der Waals surface area contributed by atoms with E-state index in [0.717, 1.165) is 57.4 Å². The van der Waals surface area contributed by atoms with Crippen LogP contribution in [0.15, 0.2) is 30.9 Å².